The Balaban J connectivity index is 0.000000250. The molecule has 0 radical (unpaired) electrons. The standard InChI is InChI=1S/C18H19N3O3S.C15H22O3/c1-21(16-4-2-3-9-19-16)10-11-24-14-7-5-13(6-8-14)12-15-17(22)20-18(23)25-15;1-11-6-7-12(2)13(10-11)18-9-5-8-15(3,4)14(16)17/h2-9,15H,10-12H2,1H3,(H,20,22,23);6-7,10H,5,8-9H2,1-4H3,(H,16,17). The molecule has 4 rings (SSSR count). The number of carboxylic acids is 1. The number of carbonyl (C=O) groups is 3. The number of likely N-dealkylation sites (N-methyl/N-ethyl adjacent to an activating group) is 1. The van der Waals surface area contributed by atoms with Gasteiger partial charge in [-0.2, -0.15) is 0 Å². The largest absolute Gasteiger partial charge is 0.493 e. The Kier molecular flexibility index (Phi) is 12.4. The minimum absolute atomic E-state index is 0.215. The van der Waals surface area contributed by atoms with Crippen molar-refractivity contribution < 1.29 is 29.0 Å². The van der Waals surface area contributed by atoms with Crippen LogP contribution in [0.25, 0.3) is 0 Å². The lowest BCUT2D eigenvalue weighted by atomic mass is 9.88. The number of anilines is 1. The third kappa shape index (κ3) is 10.9. The molecule has 2 N–H and O–H groups in total. The molecule has 10 heteroatoms. The first-order chi connectivity index (χ1) is 20.4. The number of rotatable bonds is 13. The molecule has 1 atom stereocenters. The molecule has 1 aromatic heterocycles. The van der Waals surface area contributed by atoms with Gasteiger partial charge in [0.05, 0.1) is 23.8 Å². The normalized spacial score (nSPS) is 14.4. The lowest BCUT2D eigenvalue weighted by Crippen LogP contribution is -2.25. The van der Waals surface area contributed by atoms with Gasteiger partial charge < -0.3 is 19.5 Å². The van der Waals surface area contributed by atoms with E-state index in [1.54, 1.807) is 20.0 Å². The van der Waals surface area contributed by atoms with Crippen LogP contribution in [0.2, 0.25) is 0 Å². The molecule has 0 aliphatic carbocycles. The molecule has 1 aliphatic rings. The Labute approximate surface area is 258 Å². The fourth-order valence-electron chi connectivity index (χ4n) is 4.12. The topological polar surface area (TPSA) is 118 Å². The summed E-state index contributed by atoms with van der Waals surface area (Å²) in [6, 6.07) is 19.5. The van der Waals surface area contributed by atoms with Crippen LogP contribution in [0.5, 0.6) is 11.5 Å². The summed E-state index contributed by atoms with van der Waals surface area (Å²) in [6.45, 7) is 9.35. The number of pyridine rings is 1. The van der Waals surface area contributed by atoms with Crippen molar-refractivity contribution in [3.63, 3.8) is 0 Å². The van der Waals surface area contributed by atoms with Gasteiger partial charge in [-0.25, -0.2) is 4.98 Å². The van der Waals surface area contributed by atoms with Crippen LogP contribution in [-0.2, 0) is 16.0 Å². The fraction of sp³-hybridized carbons (Fsp3) is 0.394. The van der Waals surface area contributed by atoms with Crippen LogP contribution < -0.4 is 19.7 Å². The molecule has 0 bridgehead atoms. The van der Waals surface area contributed by atoms with Crippen molar-refractivity contribution in [2.24, 2.45) is 5.41 Å². The van der Waals surface area contributed by atoms with Crippen LogP contribution >= 0.6 is 11.8 Å². The van der Waals surface area contributed by atoms with Crippen molar-refractivity contribution >= 4 is 34.7 Å². The highest BCUT2D eigenvalue weighted by Crippen LogP contribution is 2.25. The van der Waals surface area contributed by atoms with Crippen molar-refractivity contribution in [2.45, 2.75) is 52.2 Å². The quantitative estimate of drug-likeness (QED) is 0.223. The number of carbonyl (C=O) groups excluding carboxylic acids is 2. The lowest BCUT2D eigenvalue weighted by Gasteiger charge is -2.19. The second-order valence-electron chi connectivity index (χ2n) is 11.1. The molecule has 0 spiro atoms. The number of nitrogens with zero attached hydrogens (tertiary/aromatic N) is 2. The van der Waals surface area contributed by atoms with Crippen molar-refractivity contribution in [1.82, 2.24) is 10.3 Å². The van der Waals surface area contributed by atoms with E-state index in [1.807, 2.05) is 80.4 Å². The molecule has 1 unspecified atom stereocenters. The predicted octanol–water partition coefficient (Wildman–Crippen LogP) is 6.06. The molecule has 0 saturated carbocycles. The van der Waals surface area contributed by atoms with E-state index >= 15 is 0 Å². The van der Waals surface area contributed by atoms with Gasteiger partial charge in [0, 0.05) is 13.2 Å². The molecular weight excluding hydrogens is 566 g/mol. The molecule has 2 heterocycles. The Morgan fingerprint density at radius 3 is 2.42 bits per heavy atom. The molecule has 2 aromatic carbocycles. The number of nitrogens with one attached hydrogen (secondary N) is 1. The molecule has 1 fully saturated rings. The van der Waals surface area contributed by atoms with Crippen LogP contribution in [0, 0.1) is 19.3 Å². The summed E-state index contributed by atoms with van der Waals surface area (Å²) < 4.78 is 11.5. The summed E-state index contributed by atoms with van der Waals surface area (Å²) in [6.07, 6.45) is 3.66. The van der Waals surface area contributed by atoms with Crippen LogP contribution in [0.3, 0.4) is 0 Å². The molecule has 230 valence electrons. The second-order valence-corrected chi connectivity index (χ2v) is 12.3. The van der Waals surface area contributed by atoms with Crippen LogP contribution in [-0.4, -0.2) is 59.3 Å². The number of ether oxygens (including phenoxy) is 2. The number of imide groups is 1. The number of aromatic nitrogens is 1. The number of aliphatic carboxylic acids is 1. The molecule has 2 amide bonds. The number of carboxylic acid groups (broad SMARTS) is 1. The SMILES string of the molecule is CN(CCOc1ccc(CC2SC(=O)NC2=O)cc1)c1ccccn1.Cc1ccc(C)c(OCCCC(C)(C)C(=O)O)c1. The van der Waals surface area contributed by atoms with Crippen LogP contribution in [0.1, 0.15) is 43.4 Å². The maximum absolute atomic E-state index is 11.6. The van der Waals surface area contributed by atoms with Gasteiger partial charge >= 0.3 is 5.97 Å². The van der Waals surface area contributed by atoms with Crippen LogP contribution in [0.15, 0.2) is 66.9 Å². The third-order valence-corrected chi connectivity index (χ3v) is 7.95. The first-order valence-corrected chi connectivity index (χ1v) is 15.1. The van der Waals surface area contributed by atoms with Gasteiger partial charge in [-0.05, 0) is 94.0 Å². The number of aryl methyl sites for hydroxylation is 2. The number of benzene rings is 2. The highest BCUT2D eigenvalue weighted by Gasteiger charge is 2.31. The van der Waals surface area contributed by atoms with Crippen molar-refractivity contribution in [3.8, 4) is 11.5 Å². The van der Waals surface area contributed by atoms with E-state index < -0.39 is 11.4 Å². The zero-order chi connectivity index (χ0) is 31.4. The summed E-state index contributed by atoms with van der Waals surface area (Å²) >= 11 is 1.05. The number of thioether (sulfide) groups is 1. The number of hydrogen-bond acceptors (Lipinski definition) is 8. The molecule has 1 aliphatic heterocycles. The molecular formula is C33H41N3O6S. The Bertz CT molecular complexity index is 1360. The van der Waals surface area contributed by atoms with Crippen molar-refractivity contribution in [3.05, 3.63) is 83.6 Å². The zero-order valence-corrected chi connectivity index (χ0v) is 26.3. The predicted molar refractivity (Wildman–Crippen MR) is 170 cm³/mol. The monoisotopic (exact) mass is 607 g/mol. The minimum atomic E-state index is -0.755. The smallest absolute Gasteiger partial charge is 0.309 e. The van der Waals surface area contributed by atoms with E-state index in [1.165, 1.54) is 5.56 Å². The van der Waals surface area contributed by atoms with Gasteiger partial charge in [0.1, 0.15) is 23.9 Å². The van der Waals surface area contributed by atoms with Gasteiger partial charge in [-0.1, -0.05) is 42.1 Å². The van der Waals surface area contributed by atoms with E-state index in [0.29, 0.717) is 26.1 Å². The van der Waals surface area contributed by atoms with E-state index in [4.69, 9.17) is 14.6 Å². The van der Waals surface area contributed by atoms with Gasteiger partial charge in [0.2, 0.25) is 5.91 Å². The van der Waals surface area contributed by atoms with E-state index in [2.05, 4.69) is 16.4 Å². The number of hydrogen-bond donors (Lipinski definition) is 2. The molecule has 1 saturated heterocycles. The zero-order valence-electron chi connectivity index (χ0n) is 25.5. The van der Waals surface area contributed by atoms with E-state index in [9.17, 15) is 14.4 Å². The maximum atomic E-state index is 11.6. The molecule has 3 aromatic rings. The average molecular weight is 608 g/mol. The van der Waals surface area contributed by atoms with Gasteiger partial charge in [0.15, 0.2) is 0 Å². The summed E-state index contributed by atoms with van der Waals surface area (Å²) in [7, 11) is 1.97. The van der Waals surface area contributed by atoms with Gasteiger partial charge in [0.25, 0.3) is 5.24 Å². The summed E-state index contributed by atoms with van der Waals surface area (Å²) in [4.78, 5) is 40.0. The maximum Gasteiger partial charge on any atom is 0.309 e. The summed E-state index contributed by atoms with van der Waals surface area (Å²) in [5.41, 5.74) is 2.60. The molecule has 43 heavy (non-hydrogen) atoms. The summed E-state index contributed by atoms with van der Waals surface area (Å²) in [5, 5.41) is 10.7. The first kappa shape index (κ1) is 33.5. The number of amides is 2. The highest BCUT2D eigenvalue weighted by molar-refractivity contribution is 8.15. The second kappa shape index (κ2) is 16.0. The van der Waals surface area contributed by atoms with Crippen molar-refractivity contribution in [2.75, 3.05) is 31.7 Å². The Hall–Kier alpha value is -4.05. The van der Waals surface area contributed by atoms with E-state index in [0.717, 1.165) is 53.2 Å². The fourth-order valence-corrected chi connectivity index (χ4v) is 4.98. The van der Waals surface area contributed by atoms with Crippen LogP contribution in [0.4, 0.5) is 10.6 Å². The highest BCUT2D eigenvalue weighted by atomic mass is 32.2. The van der Waals surface area contributed by atoms with E-state index in [-0.39, 0.29) is 16.4 Å². The lowest BCUT2D eigenvalue weighted by molar-refractivity contribution is -0.147. The Morgan fingerprint density at radius 1 is 1.05 bits per heavy atom. The van der Waals surface area contributed by atoms with Gasteiger partial charge in [-0.15, -0.1) is 0 Å². The average Bonchev–Trinajstić information content (AvgIpc) is 3.30. The molecule has 9 nitrogen and oxygen atoms in total. The third-order valence-electron chi connectivity index (χ3n) is 6.97. The Morgan fingerprint density at radius 2 is 1.79 bits per heavy atom. The van der Waals surface area contributed by atoms with Gasteiger partial charge in [-0.3, -0.25) is 19.7 Å². The summed E-state index contributed by atoms with van der Waals surface area (Å²) in [5.74, 6) is 1.60. The minimum Gasteiger partial charge on any atom is -0.493 e. The first-order valence-electron chi connectivity index (χ1n) is 14.2. The van der Waals surface area contributed by atoms with Crippen molar-refractivity contribution in [1.29, 1.82) is 0 Å².